The first-order valence-corrected chi connectivity index (χ1v) is 22.3. The van der Waals surface area contributed by atoms with Crippen LogP contribution < -0.4 is 0 Å². The summed E-state index contributed by atoms with van der Waals surface area (Å²) in [7, 11) is 4.72. The van der Waals surface area contributed by atoms with Crippen LogP contribution in [0.15, 0.2) is 0 Å². The summed E-state index contributed by atoms with van der Waals surface area (Å²) in [5.74, 6) is -5.05. The molecule has 0 saturated heterocycles. The Balaban J connectivity index is 6.43. The van der Waals surface area contributed by atoms with Gasteiger partial charge in [-0.1, -0.05) is 0 Å². The van der Waals surface area contributed by atoms with E-state index in [4.69, 9.17) is 10.1 Å². The number of hydrogen-bond donors (Lipinski definition) is 0. The van der Waals surface area contributed by atoms with Crippen LogP contribution in [-0.4, -0.2) is 65.2 Å². The molecule has 0 aliphatic rings. The standard InChI is InChI=1S/3C3H9P.CHO.ClH.Co/c3*1-4(2)3;1-2;;/h3*1-3H3;1H;1H;/q;;;;;-2/p+2. The van der Waals surface area contributed by atoms with Crippen LogP contribution >= 0.6 is 28.1 Å². The third-order valence-electron chi connectivity index (χ3n) is 3.08. The van der Waals surface area contributed by atoms with E-state index in [-0.39, 0.29) is 0 Å². The second-order valence-electron chi connectivity index (χ2n) is 6.88. The third-order valence-corrected chi connectivity index (χ3v) is 89.2. The Bertz CT molecular complexity index is 260. The Morgan fingerprint density at radius 1 is 0.750 bits per heavy atom. The molecule has 0 N–H and O–H groups in total. The summed E-state index contributed by atoms with van der Waals surface area (Å²) in [4.78, 5) is 12.1. The van der Waals surface area contributed by atoms with Gasteiger partial charge in [0.05, 0.1) is 0 Å². The average Bonchev–Trinajstić information content (AvgIpc) is 1.95. The third kappa shape index (κ3) is 1.97. The monoisotopic (exact) mass is 354 g/mol. The molecule has 0 aromatic carbocycles. The van der Waals surface area contributed by atoms with Crippen molar-refractivity contribution < 1.29 is 14.2 Å². The predicted molar refractivity (Wildman–Crippen MR) is 90.9 cm³/mol. The van der Waals surface area contributed by atoms with E-state index in [1.54, 1.807) is 0 Å². The number of carbonyl (C=O) groups is 1. The van der Waals surface area contributed by atoms with Gasteiger partial charge < -0.3 is 0 Å². The molecule has 0 aromatic heterocycles. The van der Waals surface area contributed by atoms with Crippen LogP contribution in [0, 0.1) is 0 Å². The molecule has 6 heteroatoms. The van der Waals surface area contributed by atoms with Crippen molar-refractivity contribution in [3.05, 3.63) is 0 Å². The average molecular weight is 355 g/mol. The first-order chi connectivity index (χ1) is 6.64. The molecule has 0 heterocycles. The molecule has 0 radical (unpaired) electrons. The van der Waals surface area contributed by atoms with Gasteiger partial charge >= 0.3 is 107 Å². The summed E-state index contributed by atoms with van der Waals surface area (Å²) in [5, 5.41) is 1.29. The fraction of sp³-hybridized carbons (Fsp3) is 0.900. The second-order valence-corrected chi connectivity index (χ2v) is 53.1. The van der Waals surface area contributed by atoms with Crippen molar-refractivity contribution in [2.24, 2.45) is 0 Å². The van der Waals surface area contributed by atoms with E-state index >= 15 is 0 Å². The molecule has 0 aromatic rings. The molecule has 0 rings (SSSR count). The van der Waals surface area contributed by atoms with Gasteiger partial charge in [-0.15, -0.1) is 0 Å². The summed E-state index contributed by atoms with van der Waals surface area (Å²) in [6, 6.07) is 0. The molecule has 0 saturated carbocycles. The van der Waals surface area contributed by atoms with Gasteiger partial charge in [0.15, 0.2) is 0 Å². The second kappa shape index (κ2) is 4.40. The number of halogens is 1. The predicted octanol–water partition coefficient (Wildman–Crippen LogP) is 3.68. The minimum atomic E-state index is -2.64. The summed E-state index contributed by atoms with van der Waals surface area (Å²) in [6.45, 7) is 20.8. The Hall–Kier alpha value is 1.76. The molecule has 0 aliphatic carbocycles. The summed E-state index contributed by atoms with van der Waals surface area (Å²) in [5.41, 5.74) is 0. The molecular formula is C10H31ClCoOP3. The molecule has 0 amide bonds. The molecular weight excluding hydrogens is 323 g/mol. The zero-order chi connectivity index (χ0) is 13.7. The fourth-order valence-corrected chi connectivity index (χ4v) is 87.9. The molecule has 1 nitrogen and oxygen atoms in total. The van der Waals surface area contributed by atoms with Crippen LogP contribution in [0.1, 0.15) is 0 Å². The summed E-state index contributed by atoms with van der Waals surface area (Å²) < 4.78 is 0. The van der Waals surface area contributed by atoms with Crippen molar-refractivity contribution in [1.29, 1.82) is 0 Å². The Kier molecular flexibility index (Phi) is 4.88. The maximum atomic E-state index is 12.1. The maximum absolute atomic E-state index is 12.1. The van der Waals surface area contributed by atoms with Crippen LogP contribution in [-0.2, 0) is 14.2 Å². The number of hydrogen-bond acceptors (Lipinski definition) is 1. The van der Waals surface area contributed by atoms with E-state index < -0.39 is 27.3 Å². The van der Waals surface area contributed by atoms with Gasteiger partial charge in [-0.05, 0) is 0 Å². The molecule has 0 bridgehead atoms. The van der Waals surface area contributed by atoms with Crippen molar-refractivity contribution >= 4 is 33.4 Å². The van der Waals surface area contributed by atoms with Crippen LogP contribution in [0.25, 0.3) is 0 Å². The zero-order valence-electron chi connectivity index (χ0n) is 12.2. The molecule has 0 fully saturated rings. The van der Waals surface area contributed by atoms with E-state index in [2.05, 4.69) is 60.0 Å². The molecule has 108 valence electrons. The summed E-state index contributed by atoms with van der Waals surface area (Å²) in [6.07, 6.45) is 0. The molecule has 16 heavy (non-hydrogen) atoms. The van der Waals surface area contributed by atoms with Crippen molar-refractivity contribution in [2.75, 3.05) is 60.0 Å². The topological polar surface area (TPSA) is 17.1 Å². The molecule has 0 aliphatic heterocycles. The first kappa shape index (κ1) is 17.8. The zero-order valence-corrected chi connectivity index (χ0v) is 17.0. The van der Waals surface area contributed by atoms with Crippen LogP contribution in [0.5, 0.6) is 0 Å². The van der Waals surface area contributed by atoms with Crippen molar-refractivity contribution in [2.45, 2.75) is 0 Å². The van der Waals surface area contributed by atoms with E-state index in [0.29, 0.717) is 0 Å². The first-order valence-electron chi connectivity index (χ1n) is 5.55. The van der Waals surface area contributed by atoms with E-state index in [1.165, 1.54) is 5.22 Å². The Morgan fingerprint density at radius 3 is 0.938 bits per heavy atom. The quantitative estimate of drug-likeness (QED) is 0.556. The van der Waals surface area contributed by atoms with Crippen LogP contribution in [0.4, 0.5) is 0 Å². The van der Waals surface area contributed by atoms with Crippen molar-refractivity contribution in [3.8, 4) is 0 Å². The van der Waals surface area contributed by atoms with E-state index in [0.717, 1.165) is 0 Å². The van der Waals surface area contributed by atoms with Gasteiger partial charge in [-0.3, -0.25) is 0 Å². The SMILES string of the molecule is C[PH](C)(C)[Co]([Cl])([CH]=O)([PH](C)(C)C)[PH](C)(C)C. The fourth-order valence-electron chi connectivity index (χ4n) is 2.60. The summed E-state index contributed by atoms with van der Waals surface area (Å²) >= 11 is 0. The van der Waals surface area contributed by atoms with Gasteiger partial charge in [0.25, 0.3) is 0 Å². The van der Waals surface area contributed by atoms with Gasteiger partial charge in [-0.2, -0.15) is 0 Å². The van der Waals surface area contributed by atoms with Gasteiger partial charge in [0.1, 0.15) is 0 Å². The van der Waals surface area contributed by atoms with Gasteiger partial charge in [-0.25, -0.2) is 0 Å². The Labute approximate surface area is 107 Å². The molecule has 0 unspecified atom stereocenters. The van der Waals surface area contributed by atoms with Crippen LogP contribution in [0.2, 0.25) is 0 Å². The van der Waals surface area contributed by atoms with Crippen molar-refractivity contribution in [1.82, 2.24) is 0 Å². The number of rotatable bonds is 4. The van der Waals surface area contributed by atoms with Crippen LogP contribution in [0.3, 0.4) is 0 Å². The van der Waals surface area contributed by atoms with E-state index in [1.807, 2.05) is 0 Å². The van der Waals surface area contributed by atoms with Gasteiger partial charge in [0.2, 0.25) is 0 Å². The Morgan fingerprint density at radius 2 is 0.938 bits per heavy atom. The van der Waals surface area contributed by atoms with Crippen molar-refractivity contribution in [3.63, 3.8) is 0 Å². The normalized spacial score (nSPS) is 20.8. The van der Waals surface area contributed by atoms with Gasteiger partial charge in [0, 0.05) is 0 Å². The minimum absolute atomic E-state index is 1.29. The number of carbonyl (C=O) groups excluding carboxylic acids is 1. The molecule has 0 atom stereocenters. The van der Waals surface area contributed by atoms with E-state index in [9.17, 15) is 4.79 Å². The molecule has 0 spiro atoms.